The Morgan fingerprint density at radius 3 is 2.55 bits per heavy atom. The lowest BCUT2D eigenvalue weighted by atomic mass is 9.91. The van der Waals surface area contributed by atoms with E-state index in [1.807, 2.05) is 37.2 Å². The number of anilines is 2. The van der Waals surface area contributed by atoms with Gasteiger partial charge in [-0.25, -0.2) is 0 Å². The first kappa shape index (κ1) is 25.2. The Balaban J connectivity index is 2.25. The second-order valence-corrected chi connectivity index (χ2v) is 10.0. The summed E-state index contributed by atoms with van der Waals surface area (Å²) < 4.78 is 5.83. The van der Waals surface area contributed by atoms with E-state index >= 15 is 0 Å². The summed E-state index contributed by atoms with van der Waals surface area (Å²) in [5.41, 5.74) is 2.78. The van der Waals surface area contributed by atoms with Crippen molar-refractivity contribution in [2.45, 2.75) is 78.9 Å². The lowest BCUT2D eigenvalue weighted by Crippen LogP contribution is -2.38. The number of rotatable bonds is 10. The molecule has 0 aliphatic carbocycles. The van der Waals surface area contributed by atoms with Crippen LogP contribution in [0.2, 0.25) is 0 Å². The Morgan fingerprint density at radius 1 is 1.23 bits per heavy atom. The summed E-state index contributed by atoms with van der Waals surface area (Å²) in [4.78, 5) is 29.4. The number of benzene rings is 1. The zero-order chi connectivity index (χ0) is 23.0. The molecule has 1 saturated heterocycles. The topological polar surface area (TPSA) is 61.9 Å². The zero-order valence-corrected chi connectivity index (χ0v) is 20.3. The van der Waals surface area contributed by atoms with Crippen LogP contribution in [-0.4, -0.2) is 50.1 Å². The van der Waals surface area contributed by atoms with Crippen LogP contribution >= 0.6 is 0 Å². The number of hydrogen-bond donors (Lipinski definition) is 1. The van der Waals surface area contributed by atoms with Crippen molar-refractivity contribution < 1.29 is 14.3 Å². The predicted molar refractivity (Wildman–Crippen MR) is 127 cm³/mol. The van der Waals surface area contributed by atoms with Crippen LogP contribution in [0.25, 0.3) is 0 Å². The van der Waals surface area contributed by atoms with Gasteiger partial charge in [-0.15, -0.1) is 0 Å². The van der Waals surface area contributed by atoms with Crippen LogP contribution in [0.15, 0.2) is 18.2 Å². The Labute approximate surface area is 188 Å². The first-order valence-corrected chi connectivity index (χ1v) is 11.6. The summed E-state index contributed by atoms with van der Waals surface area (Å²) in [7, 11) is 4.00. The Hall–Kier alpha value is -2.08. The molecular formula is C25H41N3O3. The number of amides is 2. The van der Waals surface area contributed by atoms with Gasteiger partial charge in [-0.3, -0.25) is 9.59 Å². The van der Waals surface area contributed by atoms with Crippen molar-refractivity contribution in [3.8, 4) is 0 Å². The van der Waals surface area contributed by atoms with Gasteiger partial charge in [-0.1, -0.05) is 34.1 Å². The molecular weight excluding hydrogens is 390 g/mol. The molecule has 2 amide bonds. The smallest absolute Gasteiger partial charge is 0.224 e. The Bertz CT molecular complexity index is 734. The average molecular weight is 432 g/mol. The molecule has 1 aromatic carbocycles. The van der Waals surface area contributed by atoms with Crippen molar-refractivity contribution >= 4 is 23.2 Å². The van der Waals surface area contributed by atoms with Crippen LogP contribution in [-0.2, 0) is 20.9 Å². The van der Waals surface area contributed by atoms with Gasteiger partial charge in [0.05, 0.1) is 6.10 Å². The zero-order valence-electron chi connectivity index (χ0n) is 20.3. The normalized spacial score (nSPS) is 16.3. The van der Waals surface area contributed by atoms with Crippen LogP contribution in [0.4, 0.5) is 11.4 Å². The number of hydrogen-bond acceptors (Lipinski definition) is 4. The van der Waals surface area contributed by atoms with E-state index < -0.39 is 0 Å². The minimum absolute atomic E-state index is 0.0328. The number of unbranched alkanes of at least 4 members (excludes halogenated alkanes) is 1. The standard InChI is InChI=1S/C25H41N3O3/c1-7-8-11-23(29)26-20-12-13-22(27(5)6)19(15-20)17-28(18-21-10-9-14-31-21)24(30)16-25(2,3)4/h12-13,15,21H,7-11,14,16-18H2,1-6H3,(H,26,29)/t21-/m0/s1. The molecule has 31 heavy (non-hydrogen) atoms. The number of ether oxygens (including phenoxy) is 1. The van der Waals surface area contributed by atoms with Crippen molar-refractivity contribution in [2.24, 2.45) is 5.41 Å². The third kappa shape index (κ3) is 8.52. The molecule has 174 valence electrons. The fourth-order valence-corrected chi connectivity index (χ4v) is 3.85. The SMILES string of the molecule is CCCCC(=O)Nc1ccc(N(C)C)c(CN(C[C@@H]2CCCO2)C(=O)CC(C)(C)C)c1. The molecule has 0 saturated carbocycles. The molecule has 6 heteroatoms. The molecule has 0 spiro atoms. The van der Waals surface area contributed by atoms with Crippen molar-refractivity contribution in [1.82, 2.24) is 4.90 Å². The maximum Gasteiger partial charge on any atom is 0.224 e. The van der Waals surface area contributed by atoms with E-state index in [2.05, 4.69) is 37.9 Å². The van der Waals surface area contributed by atoms with Gasteiger partial charge >= 0.3 is 0 Å². The van der Waals surface area contributed by atoms with Gasteiger partial charge in [0.2, 0.25) is 11.8 Å². The van der Waals surface area contributed by atoms with Crippen molar-refractivity contribution in [3.05, 3.63) is 23.8 Å². The van der Waals surface area contributed by atoms with E-state index in [1.165, 1.54) is 0 Å². The summed E-state index contributed by atoms with van der Waals surface area (Å²) in [5.74, 6) is 0.176. The molecule has 1 aromatic rings. The maximum atomic E-state index is 13.2. The highest BCUT2D eigenvalue weighted by Crippen LogP contribution is 2.27. The maximum absolute atomic E-state index is 13.2. The fourth-order valence-electron chi connectivity index (χ4n) is 3.85. The quantitative estimate of drug-likeness (QED) is 0.577. The summed E-state index contributed by atoms with van der Waals surface area (Å²) >= 11 is 0. The minimum atomic E-state index is -0.0780. The monoisotopic (exact) mass is 431 g/mol. The average Bonchev–Trinajstić information content (AvgIpc) is 3.17. The number of carbonyl (C=O) groups is 2. The third-order valence-corrected chi connectivity index (χ3v) is 5.45. The highest BCUT2D eigenvalue weighted by molar-refractivity contribution is 5.91. The second kappa shape index (κ2) is 11.5. The highest BCUT2D eigenvalue weighted by Gasteiger charge is 2.26. The van der Waals surface area contributed by atoms with E-state index in [0.717, 1.165) is 49.2 Å². The lowest BCUT2D eigenvalue weighted by Gasteiger charge is -2.30. The number of nitrogens with zero attached hydrogens (tertiary/aromatic N) is 2. The molecule has 1 N–H and O–H groups in total. The van der Waals surface area contributed by atoms with Gasteiger partial charge in [-0.2, -0.15) is 0 Å². The van der Waals surface area contributed by atoms with E-state index in [9.17, 15) is 9.59 Å². The molecule has 1 atom stereocenters. The largest absolute Gasteiger partial charge is 0.377 e. The van der Waals surface area contributed by atoms with E-state index in [-0.39, 0.29) is 23.3 Å². The summed E-state index contributed by atoms with van der Waals surface area (Å²) in [6.07, 6.45) is 5.03. The molecule has 6 nitrogen and oxygen atoms in total. The third-order valence-electron chi connectivity index (χ3n) is 5.45. The molecule has 2 rings (SSSR count). The molecule has 1 aliphatic heterocycles. The number of carbonyl (C=O) groups excluding carboxylic acids is 2. The van der Waals surface area contributed by atoms with Crippen LogP contribution in [0.5, 0.6) is 0 Å². The second-order valence-electron chi connectivity index (χ2n) is 10.0. The molecule has 1 fully saturated rings. The van der Waals surface area contributed by atoms with Crippen LogP contribution in [0.1, 0.15) is 71.8 Å². The lowest BCUT2D eigenvalue weighted by molar-refractivity contribution is -0.135. The Kier molecular flexibility index (Phi) is 9.35. The number of nitrogens with one attached hydrogen (secondary N) is 1. The van der Waals surface area contributed by atoms with Crippen molar-refractivity contribution in [3.63, 3.8) is 0 Å². The van der Waals surface area contributed by atoms with Gasteiger partial charge in [-0.05, 0) is 48.4 Å². The van der Waals surface area contributed by atoms with E-state index in [0.29, 0.717) is 25.9 Å². The summed E-state index contributed by atoms with van der Waals surface area (Å²) in [5, 5.41) is 3.01. The molecule has 0 radical (unpaired) electrons. The molecule has 1 aliphatic rings. The van der Waals surface area contributed by atoms with E-state index in [4.69, 9.17) is 4.74 Å². The van der Waals surface area contributed by atoms with Gasteiger partial charge in [0, 0.05) is 58.0 Å². The molecule has 0 unspecified atom stereocenters. The summed E-state index contributed by atoms with van der Waals surface area (Å²) in [6, 6.07) is 5.96. The molecule has 1 heterocycles. The van der Waals surface area contributed by atoms with Gasteiger partial charge in [0.25, 0.3) is 0 Å². The van der Waals surface area contributed by atoms with Crippen LogP contribution in [0.3, 0.4) is 0 Å². The highest BCUT2D eigenvalue weighted by atomic mass is 16.5. The Morgan fingerprint density at radius 2 is 1.97 bits per heavy atom. The van der Waals surface area contributed by atoms with Crippen LogP contribution < -0.4 is 10.2 Å². The van der Waals surface area contributed by atoms with Crippen molar-refractivity contribution in [2.75, 3.05) is 37.5 Å². The summed E-state index contributed by atoms with van der Waals surface area (Å²) in [6.45, 7) is 10.2. The fraction of sp³-hybridized carbons (Fsp3) is 0.680. The predicted octanol–water partition coefficient (Wildman–Crippen LogP) is 4.83. The van der Waals surface area contributed by atoms with Gasteiger partial charge in [0.1, 0.15) is 0 Å². The van der Waals surface area contributed by atoms with Crippen molar-refractivity contribution in [1.29, 1.82) is 0 Å². The van der Waals surface area contributed by atoms with Gasteiger partial charge in [0.15, 0.2) is 0 Å². The van der Waals surface area contributed by atoms with Gasteiger partial charge < -0.3 is 19.9 Å². The molecule has 0 bridgehead atoms. The first-order valence-electron chi connectivity index (χ1n) is 11.6. The molecule has 0 aromatic heterocycles. The first-order chi connectivity index (χ1) is 14.6. The van der Waals surface area contributed by atoms with Crippen LogP contribution in [0, 0.1) is 5.41 Å². The van der Waals surface area contributed by atoms with E-state index in [1.54, 1.807) is 0 Å². The minimum Gasteiger partial charge on any atom is -0.377 e.